The lowest BCUT2D eigenvalue weighted by Crippen LogP contribution is -2.39. The van der Waals surface area contributed by atoms with Crippen LogP contribution in [0.4, 0.5) is 5.13 Å². The minimum atomic E-state index is -0.662. The molecule has 6 heteroatoms. The van der Waals surface area contributed by atoms with Gasteiger partial charge in [0.15, 0.2) is 5.13 Å². The van der Waals surface area contributed by atoms with E-state index in [2.05, 4.69) is 26.2 Å². The van der Waals surface area contributed by atoms with Crippen molar-refractivity contribution in [3.05, 3.63) is 9.98 Å². The molecule has 17 heavy (non-hydrogen) atoms. The van der Waals surface area contributed by atoms with Crippen LogP contribution in [0.2, 0.25) is 0 Å². The van der Waals surface area contributed by atoms with Crippen molar-refractivity contribution in [2.75, 3.05) is 5.32 Å². The van der Waals surface area contributed by atoms with E-state index >= 15 is 0 Å². The van der Waals surface area contributed by atoms with E-state index in [9.17, 15) is 9.90 Å². The van der Waals surface area contributed by atoms with Gasteiger partial charge in [0, 0.05) is 11.4 Å². The molecule has 1 aromatic rings. The van der Waals surface area contributed by atoms with Crippen LogP contribution in [0, 0.1) is 17.8 Å². The molecule has 2 fully saturated rings. The highest BCUT2D eigenvalue weighted by Crippen LogP contribution is 2.49. The van der Waals surface area contributed by atoms with Crippen LogP contribution in [0.3, 0.4) is 0 Å². The van der Waals surface area contributed by atoms with Gasteiger partial charge in [-0.1, -0.05) is 0 Å². The smallest absolute Gasteiger partial charge is 0.308 e. The zero-order valence-electron chi connectivity index (χ0n) is 9.10. The monoisotopic (exact) mass is 316 g/mol. The molecular weight excluding hydrogens is 304 g/mol. The summed E-state index contributed by atoms with van der Waals surface area (Å²) in [7, 11) is 0. The van der Waals surface area contributed by atoms with Crippen molar-refractivity contribution in [3.63, 3.8) is 0 Å². The summed E-state index contributed by atoms with van der Waals surface area (Å²) < 4.78 is 0.806. The van der Waals surface area contributed by atoms with Crippen molar-refractivity contribution in [1.29, 1.82) is 0 Å². The number of carboxylic acid groups (broad SMARTS) is 1. The number of carboxylic acids is 1. The van der Waals surface area contributed by atoms with Crippen molar-refractivity contribution in [2.24, 2.45) is 17.8 Å². The van der Waals surface area contributed by atoms with Gasteiger partial charge in [-0.25, -0.2) is 4.98 Å². The van der Waals surface area contributed by atoms with Crippen LogP contribution in [0.15, 0.2) is 9.98 Å². The third-order valence-corrected chi connectivity index (χ3v) is 5.45. The maximum Gasteiger partial charge on any atom is 0.308 e. The van der Waals surface area contributed by atoms with Crippen LogP contribution in [0.5, 0.6) is 0 Å². The number of thiazole rings is 1. The van der Waals surface area contributed by atoms with E-state index in [-0.39, 0.29) is 12.0 Å². The van der Waals surface area contributed by atoms with E-state index in [4.69, 9.17) is 0 Å². The minimum absolute atomic E-state index is 0.0595. The molecule has 0 spiro atoms. The van der Waals surface area contributed by atoms with Gasteiger partial charge >= 0.3 is 5.97 Å². The lowest BCUT2D eigenvalue weighted by Gasteiger charge is -2.28. The van der Waals surface area contributed by atoms with E-state index < -0.39 is 5.97 Å². The predicted molar refractivity (Wildman–Crippen MR) is 69.2 cm³/mol. The van der Waals surface area contributed by atoms with E-state index in [1.54, 1.807) is 0 Å². The second-order valence-electron chi connectivity index (χ2n) is 4.84. The third-order valence-electron chi connectivity index (χ3n) is 3.97. The summed E-state index contributed by atoms with van der Waals surface area (Å²) in [5.74, 6) is -0.0380. The second-order valence-corrected chi connectivity index (χ2v) is 6.51. The topological polar surface area (TPSA) is 62.2 Å². The molecular formula is C11H13BrN2O2S. The molecule has 1 aromatic heterocycles. The Bertz CT molecular complexity index is 450. The molecule has 1 heterocycles. The van der Waals surface area contributed by atoms with Gasteiger partial charge in [0.2, 0.25) is 0 Å². The van der Waals surface area contributed by atoms with E-state index in [1.165, 1.54) is 11.3 Å². The highest BCUT2D eigenvalue weighted by Gasteiger charge is 2.51. The van der Waals surface area contributed by atoms with Gasteiger partial charge in [-0.15, -0.1) is 11.3 Å². The Morgan fingerprint density at radius 1 is 1.53 bits per heavy atom. The van der Waals surface area contributed by atoms with Gasteiger partial charge in [-0.2, -0.15) is 0 Å². The quantitative estimate of drug-likeness (QED) is 0.900. The van der Waals surface area contributed by atoms with Crippen LogP contribution < -0.4 is 5.32 Å². The van der Waals surface area contributed by atoms with Crippen LogP contribution in [-0.4, -0.2) is 22.1 Å². The molecule has 2 bridgehead atoms. The van der Waals surface area contributed by atoms with Crippen LogP contribution in [-0.2, 0) is 4.79 Å². The molecule has 0 saturated heterocycles. The van der Waals surface area contributed by atoms with Gasteiger partial charge in [0.05, 0.1) is 5.92 Å². The first kappa shape index (κ1) is 11.5. The van der Waals surface area contributed by atoms with Gasteiger partial charge in [0.1, 0.15) is 4.60 Å². The lowest BCUT2D eigenvalue weighted by atomic mass is 9.84. The molecule has 0 aromatic carbocycles. The molecule has 0 aliphatic heterocycles. The first-order valence-electron chi connectivity index (χ1n) is 5.75. The number of carbonyl (C=O) groups is 1. The number of nitrogens with zero attached hydrogens (tertiary/aromatic N) is 1. The largest absolute Gasteiger partial charge is 0.481 e. The maximum absolute atomic E-state index is 11.3. The minimum Gasteiger partial charge on any atom is -0.481 e. The zero-order chi connectivity index (χ0) is 12.0. The number of aromatic nitrogens is 1. The summed E-state index contributed by atoms with van der Waals surface area (Å²) in [6.45, 7) is 0. The molecule has 2 aliphatic carbocycles. The van der Waals surface area contributed by atoms with Crippen molar-refractivity contribution < 1.29 is 9.90 Å². The highest BCUT2D eigenvalue weighted by molar-refractivity contribution is 9.10. The summed E-state index contributed by atoms with van der Waals surface area (Å²) in [5, 5.41) is 15.4. The Kier molecular flexibility index (Phi) is 2.86. The first-order chi connectivity index (χ1) is 8.15. The Morgan fingerprint density at radius 2 is 2.29 bits per heavy atom. The van der Waals surface area contributed by atoms with Gasteiger partial charge < -0.3 is 10.4 Å². The van der Waals surface area contributed by atoms with Crippen LogP contribution in [0.25, 0.3) is 0 Å². The van der Waals surface area contributed by atoms with Crippen molar-refractivity contribution in [2.45, 2.75) is 25.3 Å². The van der Waals surface area contributed by atoms with Crippen molar-refractivity contribution in [1.82, 2.24) is 4.98 Å². The normalized spacial score (nSPS) is 35.1. The third kappa shape index (κ3) is 1.97. The molecule has 3 rings (SSSR count). The summed E-state index contributed by atoms with van der Waals surface area (Å²) in [4.78, 5) is 15.6. The van der Waals surface area contributed by atoms with Crippen LogP contribution in [0.1, 0.15) is 19.3 Å². The highest BCUT2D eigenvalue weighted by atomic mass is 79.9. The molecule has 0 amide bonds. The van der Waals surface area contributed by atoms with E-state index in [1.807, 2.05) is 5.38 Å². The van der Waals surface area contributed by atoms with Gasteiger partial charge in [-0.3, -0.25) is 4.79 Å². The molecule has 4 atom stereocenters. The number of rotatable bonds is 3. The Morgan fingerprint density at radius 3 is 2.94 bits per heavy atom. The van der Waals surface area contributed by atoms with Gasteiger partial charge in [0.25, 0.3) is 0 Å². The summed E-state index contributed by atoms with van der Waals surface area (Å²) in [5.41, 5.74) is 0. The lowest BCUT2D eigenvalue weighted by molar-refractivity contribution is -0.143. The molecule has 92 valence electrons. The molecule has 2 N–H and O–H groups in total. The number of fused-ring (bicyclic) bond motifs is 2. The summed E-state index contributed by atoms with van der Waals surface area (Å²) in [6, 6.07) is 0.0595. The molecule has 2 saturated carbocycles. The average molecular weight is 317 g/mol. The fourth-order valence-electron chi connectivity index (χ4n) is 3.32. The van der Waals surface area contributed by atoms with Gasteiger partial charge in [-0.05, 0) is 47.0 Å². The first-order valence-corrected chi connectivity index (χ1v) is 7.43. The van der Waals surface area contributed by atoms with Crippen molar-refractivity contribution in [3.8, 4) is 0 Å². The standard InChI is InChI=1S/C11H13BrN2O2S/c12-7-4-17-11(13-7)14-9-6-2-1-5(3-6)8(9)10(15)16/h4-6,8-9H,1-3H2,(H,13,14)(H,15,16). The second kappa shape index (κ2) is 4.24. The number of hydrogen-bond acceptors (Lipinski definition) is 4. The number of aliphatic carboxylic acids is 1. The van der Waals surface area contributed by atoms with Crippen molar-refractivity contribution >= 4 is 38.4 Å². The maximum atomic E-state index is 11.3. The molecule has 4 unspecified atom stereocenters. The zero-order valence-corrected chi connectivity index (χ0v) is 11.5. The SMILES string of the molecule is O=C(O)C1C2CCC(C2)C1Nc1nc(Br)cs1. The fourth-order valence-corrected chi connectivity index (χ4v) is 4.51. The summed E-state index contributed by atoms with van der Waals surface area (Å²) >= 11 is 4.82. The number of anilines is 1. The molecule has 2 aliphatic rings. The number of halogens is 1. The summed E-state index contributed by atoms with van der Waals surface area (Å²) in [6.07, 6.45) is 3.28. The Hall–Kier alpha value is -0.620. The Labute approximate surface area is 112 Å². The molecule has 4 nitrogen and oxygen atoms in total. The van der Waals surface area contributed by atoms with E-state index in [0.29, 0.717) is 11.8 Å². The predicted octanol–water partition coefficient (Wildman–Crippen LogP) is 2.82. The molecule has 0 radical (unpaired) electrons. The van der Waals surface area contributed by atoms with Crippen LogP contribution >= 0.6 is 27.3 Å². The number of hydrogen-bond donors (Lipinski definition) is 2. The van der Waals surface area contributed by atoms with E-state index in [0.717, 1.165) is 29.0 Å². The fraction of sp³-hybridized carbons (Fsp3) is 0.636. The number of nitrogens with one attached hydrogen (secondary N) is 1. The average Bonchev–Trinajstić information content (AvgIpc) is 2.93. The Balaban J connectivity index is 1.79.